The van der Waals surface area contributed by atoms with Gasteiger partial charge in [0.15, 0.2) is 6.04 Å². The van der Waals surface area contributed by atoms with Crippen LogP contribution in [0.2, 0.25) is 5.02 Å². The topological polar surface area (TPSA) is 33.5 Å². The van der Waals surface area contributed by atoms with Crippen LogP contribution in [0.4, 0.5) is 10.1 Å². The molecule has 0 aliphatic carbocycles. The Kier molecular flexibility index (Phi) is 5.56. The van der Waals surface area contributed by atoms with E-state index >= 15 is 0 Å². The van der Waals surface area contributed by atoms with Crippen LogP contribution in [0, 0.1) is 12.7 Å². The number of hydrogen-bond donors (Lipinski definition) is 2. The number of amides is 1. The largest absolute Gasteiger partial charge is 0.323 e. The predicted octanol–water partition coefficient (Wildman–Crippen LogP) is 2.89. The van der Waals surface area contributed by atoms with E-state index in [1.165, 1.54) is 28.6 Å². The van der Waals surface area contributed by atoms with Crippen molar-refractivity contribution in [3.8, 4) is 0 Å². The lowest BCUT2D eigenvalue weighted by molar-refractivity contribution is -0.907. The summed E-state index contributed by atoms with van der Waals surface area (Å²) in [5.74, 6) is -0.563. The van der Waals surface area contributed by atoms with E-state index in [0.717, 1.165) is 11.4 Å². The first-order valence-corrected chi connectivity index (χ1v) is 8.25. The lowest BCUT2D eigenvalue weighted by Gasteiger charge is -2.21. The fourth-order valence-electron chi connectivity index (χ4n) is 2.05. The number of hydrogen-bond acceptors (Lipinski definition) is 2. The maximum absolute atomic E-state index is 13.0. The molecule has 6 heteroatoms. The van der Waals surface area contributed by atoms with Crippen molar-refractivity contribution < 1.29 is 14.1 Å². The molecule has 2 aromatic rings. The molecule has 1 unspecified atom stereocenters. The van der Waals surface area contributed by atoms with Gasteiger partial charge in [-0.2, -0.15) is 0 Å². The summed E-state index contributed by atoms with van der Waals surface area (Å²) < 4.78 is 13.0. The lowest BCUT2D eigenvalue weighted by Crippen LogP contribution is -3.12. The van der Waals surface area contributed by atoms with E-state index in [0.29, 0.717) is 5.69 Å². The lowest BCUT2D eigenvalue weighted by atomic mass is 10.2. The Hall–Kier alpha value is -1.43. The highest BCUT2D eigenvalue weighted by molar-refractivity contribution is 7.10. The van der Waals surface area contributed by atoms with Crippen molar-refractivity contribution >= 4 is 34.5 Å². The Morgan fingerprint density at radius 3 is 2.77 bits per heavy atom. The van der Waals surface area contributed by atoms with Crippen molar-refractivity contribution in [2.24, 2.45) is 0 Å². The Labute approximate surface area is 138 Å². The second-order valence-corrected chi connectivity index (χ2v) is 6.79. The molecule has 22 heavy (non-hydrogen) atoms. The fourth-order valence-corrected chi connectivity index (χ4v) is 3.26. The van der Waals surface area contributed by atoms with Crippen molar-refractivity contribution in [3.05, 3.63) is 50.9 Å². The van der Waals surface area contributed by atoms with Crippen molar-refractivity contribution in [1.29, 1.82) is 0 Å². The normalized spacial score (nSPS) is 13.7. The van der Waals surface area contributed by atoms with Crippen molar-refractivity contribution in [2.75, 3.05) is 12.4 Å². The molecule has 2 rings (SSSR count). The zero-order valence-electron chi connectivity index (χ0n) is 12.7. The number of nitrogens with one attached hydrogen (secondary N) is 2. The Morgan fingerprint density at radius 2 is 2.18 bits per heavy atom. The summed E-state index contributed by atoms with van der Waals surface area (Å²) in [5.41, 5.74) is 1.68. The van der Waals surface area contributed by atoms with Gasteiger partial charge in [0.25, 0.3) is 5.91 Å². The van der Waals surface area contributed by atoms with Gasteiger partial charge >= 0.3 is 0 Å². The first-order valence-electron chi connectivity index (χ1n) is 6.99. The number of thiophene rings is 1. The SMILES string of the molecule is Cc1ccsc1C[NH+](C)[C@H](C)C(=O)Nc1ccc(F)cc1Cl. The number of halogens is 2. The van der Waals surface area contributed by atoms with Crippen LogP contribution in [-0.2, 0) is 11.3 Å². The molecule has 0 fully saturated rings. The number of carbonyl (C=O) groups excluding carboxylic acids is 1. The van der Waals surface area contributed by atoms with Gasteiger partial charge in [-0.15, -0.1) is 11.3 Å². The third-order valence-corrected chi connectivity index (χ3v) is 5.06. The maximum atomic E-state index is 13.0. The molecule has 0 saturated carbocycles. The quantitative estimate of drug-likeness (QED) is 0.861. The predicted molar refractivity (Wildman–Crippen MR) is 89.1 cm³/mol. The molecule has 2 N–H and O–H groups in total. The van der Waals surface area contributed by atoms with E-state index in [9.17, 15) is 9.18 Å². The first kappa shape index (κ1) is 16.9. The van der Waals surface area contributed by atoms with Crippen molar-refractivity contribution in [2.45, 2.75) is 26.4 Å². The third-order valence-electron chi connectivity index (χ3n) is 3.73. The average molecular weight is 342 g/mol. The summed E-state index contributed by atoms with van der Waals surface area (Å²) in [4.78, 5) is 14.7. The van der Waals surface area contributed by atoms with Crippen LogP contribution in [0.1, 0.15) is 17.4 Å². The molecule has 0 aliphatic rings. The summed E-state index contributed by atoms with van der Waals surface area (Å²) >= 11 is 7.63. The zero-order chi connectivity index (χ0) is 16.3. The molecule has 0 saturated heterocycles. The summed E-state index contributed by atoms with van der Waals surface area (Å²) in [6.45, 7) is 4.72. The van der Waals surface area contributed by atoms with Crippen LogP contribution in [-0.4, -0.2) is 19.0 Å². The van der Waals surface area contributed by atoms with Gasteiger partial charge in [0, 0.05) is 0 Å². The monoisotopic (exact) mass is 341 g/mol. The summed E-state index contributed by atoms with van der Waals surface area (Å²) in [7, 11) is 1.98. The minimum atomic E-state index is -0.424. The van der Waals surface area contributed by atoms with Crippen LogP contribution >= 0.6 is 22.9 Å². The van der Waals surface area contributed by atoms with E-state index in [1.807, 2.05) is 14.0 Å². The Balaban J connectivity index is 2.00. The van der Waals surface area contributed by atoms with Crippen LogP contribution in [0.5, 0.6) is 0 Å². The first-order chi connectivity index (χ1) is 10.4. The van der Waals surface area contributed by atoms with Gasteiger partial charge in [-0.25, -0.2) is 4.39 Å². The molecule has 118 valence electrons. The van der Waals surface area contributed by atoms with Gasteiger partial charge in [-0.3, -0.25) is 4.79 Å². The van der Waals surface area contributed by atoms with Gasteiger partial charge in [0.2, 0.25) is 0 Å². The number of anilines is 1. The molecule has 1 aromatic heterocycles. The second kappa shape index (κ2) is 7.22. The number of benzene rings is 1. The number of aryl methyl sites for hydroxylation is 1. The second-order valence-electron chi connectivity index (χ2n) is 5.39. The van der Waals surface area contributed by atoms with Gasteiger partial charge in [-0.1, -0.05) is 11.6 Å². The summed E-state index contributed by atoms with van der Waals surface area (Å²) in [6.07, 6.45) is 0. The van der Waals surface area contributed by atoms with Crippen molar-refractivity contribution in [3.63, 3.8) is 0 Å². The van der Waals surface area contributed by atoms with E-state index in [2.05, 4.69) is 23.7 Å². The van der Waals surface area contributed by atoms with Crippen LogP contribution in [0.3, 0.4) is 0 Å². The number of rotatable bonds is 5. The Morgan fingerprint density at radius 1 is 1.45 bits per heavy atom. The van der Waals surface area contributed by atoms with Gasteiger partial charge in [-0.05, 0) is 49.1 Å². The molecule has 0 spiro atoms. The molecular formula is C16H19ClFN2OS+. The maximum Gasteiger partial charge on any atom is 0.282 e. The van der Waals surface area contributed by atoms with Gasteiger partial charge in [0.1, 0.15) is 12.4 Å². The van der Waals surface area contributed by atoms with Crippen LogP contribution in [0.15, 0.2) is 29.6 Å². The van der Waals surface area contributed by atoms with Gasteiger partial charge in [0.05, 0.1) is 22.6 Å². The van der Waals surface area contributed by atoms with E-state index in [1.54, 1.807) is 11.3 Å². The highest BCUT2D eigenvalue weighted by Gasteiger charge is 2.23. The number of carbonyl (C=O) groups is 1. The molecule has 0 aliphatic heterocycles. The highest BCUT2D eigenvalue weighted by Crippen LogP contribution is 2.22. The summed E-state index contributed by atoms with van der Waals surface area (Å²) in [6, 6.07) is 5.77. The van der Waals surface area contributed by atoms with E-state index < -0.39 is 5.82 Å². The Bertz CT molecular complexity index is 674. The summed E-state index contributed by atoms with van der Waals surface area (Å²) in [5, 5.41) is 5.02. The molecular weight excluding hydrogens is 323 g/mol. The highest BCUT2D eigenvalue weighted by atomic mass is 35.5. The zero-order valence-corrected chi connectivity index (χ0v) is 14.3. The van der Waals surface area contributed by atoms with E-state index in [-0.39, 0.29) is 17.0 Å². The minimum Gasteiger partial charge on any atom is -0.323 e. The molecule has 2 atom stereocenters. The molecule has 0 radical (unpaired) electrons. The van der Waals surface area contributed by atoms with E-state index in [4.69, 9.17) is 11.6 Å². The van der Waals surface area contributed by atoms with Crippen molar-refractivity contribution in [1.82, 2.24) is 0 Å². The van der Waals surface area contributed by atoms with Crippen LogP contribution < -0.4 is 10.2 Å². The molecule has 1 heterocycles. The molecule has 1 amide bonds. The molecule has 1 aromatic carbocycles. The minimum absolute atomic E-state index is 0.139. The molecule has 0 bridgehead atoms. The average Bonchev–Trinajstić information content (AvgIpc) is 2.86. The third kappa shape index (κ3) is 4.06. The molecule has 3 nitrogen and oxygen atoms in total. The number of quaternary nitrogens is 1. The van der Waals surface area contributed by atoms with Gasteiger partial charge < -0.3 is 10.2 Å². The van der Waals surface area contributed by atoms with Crippen LogP contribution in [0.25, 0.3) is 0 Å². The smallest absolute Gasteiger partial charge is 0.282 e. The standard InChI is InChI=1S/C16H18ClFN2OS/c1-10-6-7-22-15(10)9-20(3)11(2)16(21)19-14-5-4-12(18)8-13(14)17/h4-8,11H,9H2,1-3H3,(H,19,21)/p+1/t11-/m1/s1. The number of likely N-dealkylation sites (N-methyl/N-ethyl adjacent to an activating group) is 1. The fraction of sp³-hybridized carbons (Fsp3) is 0.312.